The fourth-order valence-corrected chi connectivity index (χ4v) is 2.91. The summed E-state index contributed by atoms with van der Waals surface area (Å²) in [6, 6.07) is 0. The van der Waals surface area contributed by atoms with Gasteiger partial charge in [-0.3, -0.25) is 4.18 Å². The molecule has 0 aliphatic rings. The number of aliphatic hydroxyl groups excluding tert-OH is 1. The Hall–Kier alpha value is 0.790. The molecule has 0 saturated carbocycles. The van der Waals surface area contributed by atoms with Gasteiger partial charge in [-0.15, -0.1) is 0 Å². The summed E-state index contributed by atoms with van der Waals surface area (Å²) in [7, 11) is -4.48. The van der Waals surface area contributed by atoms with Crippen molar-refractivity contribution in [2.75, 3.05) is 13.2 Å². The van der Waals surface area contributed by atoms with Crippen LogP contribution in [0.15, 0.2) is 0 Å². The molecule has 0 radical (unpaired) electrons. The average molecular weight is 481 g/mol. The summed E-state index contributed by atoms with van der Waals surface area (Å²) in [4.78, 5) is 0. The van der Waals surface area contributed by atoms with Crippen molar-refractivity contribution in [2.24, 2.45) is 0 Å². The summed E-state index contributed by atoms with van der Waals surface area (Å²) < 4.78 is 34.5. The third kappa shape index (κ3) is 59.0. The first kappa shape index (κ1) is 42.0. The fourth-order valence-electron chi connectivity index (χ4n) is 2.59. The Morgan fingerprint density at radius 2 is 0.903 bits per heavy atom. The first-order chi connectivity index (χ1) is 13.9. The van der Waals surface area contributed by atoms with Gasteiger partial charge >= 0.3 is 29.6 Å². The van der Waals surface area contributed by atoms with E-state index in [4.69, 9.17) is 5.11 Å². The number of rotatable bonds is 18. The van der Waals surface area contributed by atoms with Crippen LogP contribution in [0, 0.1) is 0 Å². The molecule has 0 aliphatic carbocycles. The van der Waals surface area contributed by atoms with Gasteiger partial charge in [-0.2, -0.15) is 0 Å². The third-order valence-electron chi connectivity index (χ3n) is 4.44. The zero-order valence-corrected chi connectivity index (χ0v) is 24.2. The monoisotopic (exact) mass is 480 g/mol. The van der Waals surface area contributed by atoms with Crippen LogP contribution in [0.1, 0.15) is 137 Å². The molecule has 3 N–H and O–H groups in total. The molecular weight excluding hydrogens is 427 g/mol. The molecule has 6 nitrogen and oxygen atoms in total. The first-order valence-corrected chi connectivity index (χ1v) is 13.4. The van der Waals surface area contributed by atoms with Crippen LogP contribution in [0.25, 0.3) is 0 Å². The number of hydrogen-bond acceptors (Lipinski definition) is 5. The minimum Gasteiger partial charge on any atom is -0.726 e. The Kier molecular flexibility index (Phi) is 51.6. The first-order valence-electron chi connectivity index (χ1n) is 12.1. The topological polar surface area (TPSA) is 118 Å². The zero-order valence-electron chi connectivity index (χ0n) is 21.4. The molecule has 31 heavy (non-hydrogen) atoms. The molecule has 8 heteroatoms. The summed E-state index contributed by atoms with van der Waals surface area (Å²) in [5.41, 5.74) is 0. The SMILES string of the molecule is CCCCCCC.CCCCCCCCCCCCOS(=O)(=O)[O-].CCCCO.O.[Na+]. The van der Waals surface area contributed by atoms with Gasteiger partial charge in [0, 0.05) is 6.61 Å². The van der Waals surface area contributed by atoms with E-state index >= 15 is 0 Å². The van der Waals surface area contributed by atoms with Crippen LogP contribution < -0.4 is 29.6 Å². The van der Waals surface area contributed by atoms with Crippen molar-refractivity contribution in [2.45, 2.75) is 137 Å². The van der Waals surface area contributed by atoms with Crippen molar-refractivity contribution < 1.29 is 57.3 Å². The average Bonchev–Trinajstić information content (AvgIpc) is 2.67. The van der Waals surface area contributed by atoms with E-state index < -0.39 is 10.4 Å². The summed E-state index contributed by atoms with van der Waals surface area (Å²) in [6.07, 6.45) is 20.7. The second-order valence-electron chi connectivity index (χ2n) is 7.55. The quantitative estimate of drug-likeness (QED) is 0.140. The Balaban J connectivity index is -0.000000134. The summed E-state index contributed by atoms with van der Waals surface area (Å²) in [6.45, 7) is 9.13. The van der Waals surface area contributed by atoms with Gasteiger partial charge in [0.2, 0.25) is 10.4 Å². The maximum Gasteiger partial charge on any atom is 1.00 e. The normalized spacial score (nSPS) is 10.0. The number of aliphatic hydroxyl groups is 1. The molecule has 0 aromatic rings. The Bertz CT molecular complexity index is 361. The van der Waals surface area contributed by atoms with E-state index in [0.717, 1.165) is 25.7 Å². The molecule has 0 aromatic heterocycles. The van der Waals surface area contributed by atoms with Crippen molar-refractivity contribution in [3.63, 3.8) is 0 Å². The van der Waals surface area contributed by atoms with Crippen molar-refractivity contribution in [1.82, 2.24) is 0 Å². The molecule has 0 atom stereocenters. The second kappa shape index (κ2) is 38.1. The Morgan fingerprint density at radius 3 is 1.16 bits per heavy atom. The van der Waals surface area contributed by atoms with Crippen LogP contribution in [0.5, 0.6) is 0 Å². The van der Waals surface area contributed by atoms with Gasteiger partial charge in [0.25, 0.3) is 0 Å². The molecule has 0 unspecified atom stereocenters. The van der Waals surface area contributed by atoms with E-state index in [9.17, 15) is 13.0 Å². The van der Waals surface area contributed by atoms with E-state index in [1.54, 1.807) is 0 Å². The van der Waals surface area contributed by atoms with Gasteiger partial charge < -0.3 is 15.1 Å². The van der Waals surface area contributed by atoms with E-state index in [1.165, 1.54) is 77.0 Å². The number of unbranched alkanes of at least 4 members (excludes halogenated alkanes) is 14. The predicted octanol–water partition coefficient (Wildman–Crippen LogP) is 3.32. The summed E-state index contributed by atoms with van der Waals surface area (Å²) in [5, 5.41) is 8.07. The van der Waals surface area contributed by atoms with Crippen LogP contribution in [0.3, 0.4) is 0 Å². The predicted molar refractivity (Wildman–Crippen MR) is 128 cm³/mol. The molecule has 0 amide bonds. The van der Waals surface area contributed by atoms with Crippen molar-refractivity contribution in [1.29, 1.82) is 0 Å². The molecule has 0 heterocycles. The van der Waals surface area contributed by atoms with Crippen LogP contribution in [-0.2, 0) is 14.6 Å². The molecule has 0 bridgehead atoms. The van der Waals surface area contributed by atoms with Gasteiger partial charge in [0.05, 0.1) is 6.61 Å². The molecule has 188 valence electrons. The minimum absolute atomic E-state index is 0. The molecule has 0 fully saturated rings. The van der Waals surface area contributed by atoms with Crippen LogP contribution in [0.4, 0.5) is 0 Å². The summed E-state index contributed by atoms with van der Waals surface area (Å²) >= 11 is 0. The maximum atomic E-state index is 10.1. The summed E-state index contributed by atoms with van der Waals surface area (Å²) in [5.74, 6) is 0. The maximum absolute atomic E-state index is 10.1. The van der Waals surface area contributed by atoms with Gasteiger partial charge in [0.15, 0.2) is 0 Å². The van der Waals surface area contributed by atoms with Crippen LogP contribution >= 0.6 is 0 Å². The van der Waals surface area contributed by atoms with E-state index in [1.807, 2.05) is 0 Å². The Labute approximate surface area is 216 Å². The second-order valence-corrected chi connectivity index (χ2v) is 8.60. The molecule has 0 rings (SSSR count). The molecule has 0 aliphatic heterocycles. The number of hydrogen-bond donors (Lipinski definition) is 1. The minimum atomic E-state index is -4.48. The van der Waals surface area contributed by atoms with Crippen molar-refractivity contribution in [3.8, 4) is 0 Å². The molecule has 0 spiro atoms. The molecule has 0 saturated heterocycles. The third-order valence-corrected chi connectivity index (χ3v) is 4.90. The smallest absolute Gasteiger partial charge is 0.726 e. The fraction of sp³-hybridized carbons (Fsp3) is 1.00. The van der Waals surface area contributed by atoms with Crippen molar-refractivity contribution >= 4 is 10.4 Å². The van der Waals surface area contributed by atoms with Crippen LogP contribution in [-0.4, -0.2) is 36.8 Å². The van der Waals surface area contributed by atoms with Crippen LogP contribution in [0.2, 0.25) is 0 Å². The van der Waals surface area contributed by atoms with E-state index in [0.29, 0.717) is 13.0 Å². The molecule has 0 aromatic carbocycles. The van der Waals surface area contributed by atoms with Crippen molar-refractivity contribution in [3.05, 3.63) is 0 Å². The van der Waals surface area contributed by atoms with Gasteiger partial charge in [0.1, 0.15) is 0 Å². The molecular formula is C23H53NaO6S. The zero-order chi connectivity index (χ0) is 22.6. The largest absolute Gasteiger partial charge is 1.00 e. The van der Waals surface area contributed by atoms with E-state index in [2.05, 4.69) is 31.9 Å². The van der Waals surface area contributed by atoms with Gasteiger partial charge in [-0.1, -0.05) is 124 Å². The standard InChI is InChI=1S/C12H26O4S.C7H16.C4H10O.Na.H2O/c1-2-3-4-5-6-7-8-9-10-11-12-16-17(13,14)15;1-3-5-7-6-4-2;1-2-3-4-5;;/h2-12H2,1H3,(H,13,14,15);3-7H2,1-2H3;5H,2-4H2,1H3;;1H2/q;;;+1;/p-1. The van der Waals surface area contributed by atoms with Gasteiger partial charge in [-0.25, -0.2) is 8.42 Å². The Morgan fingerprint density at radius 1 is 0.613 bits per heavy atom. The van der Waals surface area contributed by atoms with E-state index in [-0.39, 0.29) is 41.6 Å². The van der Waals surface area contributed by atoms with Gasteiger partial charge in [-0.05, 0) is 12.8 Å².